The van der Waals surface area contributed by atoms with E-state index >= 15 is 0 Å². The normalized spacial score (nSPS) is 16.8. The van der Waals surface area contributed by atoms with Crippen molar-refractivity contribution in [2.24, 2.45) is 0 Å². The molecule has 1 amide bonds. The minimum absolute atomic E-state index is 0.0164. The summed E-state index contributed by atoms with van der Waals surface area (Å²) in [4.78, 5) is 13.0. The van der Waals surface area contributed by atoms with Crippen molar-refractivity contribution in [2.45, 2.75) is 84.8 Å². The number of amides is 1. The lowest BCUT2D eigenvalue weighted by Gasteiger charge is -2.32. The van der Waals surface area contributed by atoms with Crippen LogP contribution in [0.1, 0.15) is 67.0 Å². The third-order valence-corrected chi connectivity index (χ3v) is 9.72. The molecule has 0 unspecified atom stereocenters. The van der Waals surface area contributed by atoms with E-state index in [1.165, 1.54) is 22.3 Å². The average molecular weight is 580 g/mol. The Morgan fingerprint density at radius 1 is 0.929 bits per heavy atom. The first kappa shape index (κ1) is 30.2. The summed E-state index contributed by atoms with van der Waals surface area (Å²) in [7, 11) is -2.13. The minimum Gasteiger partial charge on any atom is -0.449 e. The molecule has 0 saturated carbocycles. The summed E-state index contributed by atoms with van der Waals surface area (Å²) in [5, 5.41) is 3.00. The van der Waals surface area contributed by atoms with E-state index in [-0.39, 0.29) is 12.5 Å². The Morgan fingerprint density at radius 2 is 1.48 bits per heavy atom. The monoisotopic (exact) mass is 579 g/mol. The number of ether oxygens (including phenoxy) is 1. The molecule has 1 N–H and O–H groups in total. The fourth-order valence-corrected chi connectivity index (χ4v) is 6.20. The second-order valence-corrected chi connectivity index (χ2v) is 18.3. The van der Waals surface area contributed by atoms with E-state index in [2.05, 4.69) is 120 Å². The van der Waals surface area contributed by atoms with Gasteiger partial charge in [0.2, 0.25) is 0 Å². The van der Waals surface area contributed by atoms with Gasteiger partial charge in [-0.3, -0.25) is 0 Å². The van der Waals surface area contributed by atoms with Gasteiger partial charge in [-0.2, -0.15) is 0 Å². The predicted octanol–water partition coefficient (Wildman–Crippen LogP) is 6.87. The van der Waals surface area contributed by atoms with Gasteiger partial charge in [-0.15, -0.1) is 5.54 Å². The van der Waals surface area contributed by atoms with Crippen LogP contribution in [0.25, 0.3) is 11.1 Å². The number of carbonyl (C=O) groups is 1. The Hall–Kier alpha value is -3.31. The fraction of sp³-hybridized carbons (Fsp3) is 0.400. The lowest BCUT2D eigenvalue weighted by molar-refractivity contribution is 0.00578. The fourth-order valence-electron chi connectivity index (χ4n) is 5.69. The van der Waals surface area contributed by atoms with E-state index in [1.54, 1.807) is 0 Å². The predicted molar refractivity (Wildman–Crippen MR) is 174 cm³/mol. The molecule has 2 aliphatic rings. The Bertz CT molecular complexity index is 1530. The molecule has 1 saturated heterocycles. The van der Waals surface area contributed by atoms with Crippen LogP contribution in [0.15, 0.2) is 54.6 Å². The van der Waals surface area contributed by atoms with Crippen molar-refractivity contribution in [3.63, 3.8) is 0 Å². The molecule has 1 aliphatic carbocycles. The van der Waals surface area contributed by atoms with E-state index in [1.807, 2.05) is 12.1 Å². The zero-order chi connectivity index (χ0) is 30.4. The Kier molecular flexibility index (Phi) is 7.95. The number of fused-ring (bicyclic) bond motifs is 3. The number of carbonyl (C=O) groups excluding carboxylic acids is 1. The van der Waals surface area contributed by atoms with Gasteiger partial charge in [-0.25, -0.2) is 4.79 Å². The number of benzene rings is 3. The molecule has 1 aliphatic heterocycles. The molecule has 5 rings (SSSR count). The molecule has 1 fully saturated rings. The molecule has 7 heteroatoms. The molecule has 0 spiro atoms. The van der Waals surface area contributed by atoms with Crippen molar-refractivity contribution < 1.29 is 18.8 Å². The Labute approximate surface area is 252 Å². The maximum Gasteiger partial charge on any atom is 0.495 e. The van der Waals surface area contributed by atoms with Gasteiger partial charge in [0.25, 0.3) is 0 Å². The van der Waals surface area contributed by atoms with Crippen LogP contribution in [-0.4, -0.2) is 39.1 Å². The summed E-state index contributed by atoms with van der Waals surface area (Å²) in [6, 6.07) is 18.8. The van der Waals surface area contributed by atoms with Crippen molar-refractivity contribution in [1.82, 2.24) is 5.32 Å². The van der Waals surface area contributed by atoms with Crippen LogP contribution in [0.3, 0.4) is 0 Å². The van der Waals surface area contributed by atoms with Gasteiger partial charge >= 0.3 is 13.2 Å². The smallest absolute Gasteiger partial charge is 0.449 e. The Morgan fingerprint density at radius 3 is 2.02 bits per heavy atom. The van der Waals surface area contributed by atoms with Crippen molar-refractivity contribution >= 4 is 26.7 Å². The van der Waals surface area contributed by atoms with Crippen LogP contribution in [0.4, 0.5) is 4.79 Å². The standard InChI is InChI=1S/C35H42BNO4Si/c1-23-25(18-19-42(7,8)9)20-26(24(2)32(23)36-40-34(3,4)35(5,6)41-36)21-37-33(38)39-22-31-29-16-12-10-14-27(29)28-15-11-13-17-30(28)31/h10-17,20,31H,21-22H2,1-9H3,(H,37,38). The Balaban J connectivity index is 1.37. The van der Waals surface area contributed by atoms with Crippen LogP contribution in [-0.2, 0) is 20.6 Å². The van der Waals surface area contributed by atoms with Gasteiger partial charge in [0.1, 0.15) is 14.7 Å². The molecule has 0 atom stereocenters. The van der Waals surface area contributed by atoms with Crippen LogP contribution in [0, 0.1) is 25.3 Å². The van der Waals surface area contributed by atoms with Gasteiger partial charge in [0.05, 0.1) is 11.2 Å². The lowest BCUT2D eigenvalue weighted by atomic mass is 9.71. The average Bonchev–Trinajstić information content (AvgIpc) is 3.34. The van der Waals surface area contributed by atoms with Gasteiger partial charge in [-0.1, -0.05) is 74.1 Å². The van der Waals surface area contributed by atoms with Gasteiger partial charge in [0, 0.05) is 18.0 Å². The van der Waals surface area contributed by atoms with E-state index in [9.17, 15) is 4.79 Å². The summed E-state index contributed by atoms with van der Waals surface area (Å²) < 4.78 is 18.8. The summed E-state index contributed by atoms with van der Waals surface area (Å²) in [5.41, 5.74) is 12.4. The van der Waals surface area contributed by atoms with Crippen LogP contribution in [0.2, 0.25) is 19.6 Å². The maximum absolute atomic E-state index is 13.0. The summed E-state index contributed by atoms with van der Waals surface area (Å²) in [6.45, 7) is 19.7. The van der Waals surface area contributed by atoms with Gasteiger partial charge in [0.15, 0.2) is 0 Å². The molecule has 3 aromatic carbocycles. The molecular weight excluding hydrogens is 537 g/mol. The molecular formula is C35H42BNO4Si. The van der Waals surface area contributed by atoms with Gasteiger partial charge in [-0.05, 0) is 92.0 Å². The highest BCUT2D eigenvalue weighted by molar-refractivity contribution is 6.83. The minimum atomic E-state index is -1.61. The van der Waals surface area contributed by atoms with Crippen molar-refractivity contribution in [3.05, 3.63) is 88.0 Å². The van der Waals surface area contributed by atoms with Crippen LogP contribution >= 0.6 is 0 Å². The van der Waals surface area contributed by atoms with Crippen LogP contribution < -0.4 is 10.8 Å². The maximum atomic E-state index is 13.0. The topological polar surface area (TPSA) is 56.8 Å². The molecule has 5 nitrogen and oxygen atoms in total. The first-order valence-electron chi connectivity index (χ1n) is 14.8. The third-order valence-electron chi connectivity index (χ3n) is 8.84. The zero-order valence-corrected chi connectivity index (χ0v) is 27.4. The number of alkyl carbamates (subject to hydrolysis) is 1. The quantitative estimate of drug-likeness (QED) is 0.265. The molecule has 0 aromatic heterocycles. The van der Waals surface area contributed by atoms with Crippen molar-refractivity contribution in [1.29, 1.82) is 0 Å². The van der Waals surface area contributed by atoms with E-state index in [0.29, 0.717) is 6.54 Å². The molecule has 3 aromatic rings. The molecule has 42 heavy (non-hydrogen) atoms. The summed E-state index contributed by atoms with van der Waals surface area (Å²) in [5.74, 6) is 3.47. The first-order valence-corrected chi connectivity index (χ1v) is 18.3. The first-order chi connectivity index (χ1) is 19.7. The second-order valence-electron chi connectivity index (χ2n) is 13.5. The third kappa shape index (κ3) is 5.81. The second kappa shape index (κ2) is 11.1. The number of hydrogen-bond donors (Lipinski definition) is 1. The largest absolute Gasteiger partial charge is 0.495 e. The molecule has 0 bridgehead atoms. The highest BCUT2D eigenvalue weighted by Crippen LogP contribution is 2.44. The van der Waals surface area contributed by atoms with Crippen molar-refractivity contribution in [2.75, 3.05) is 6.61 Å². The molecule has 1 heterocycles. The van der Waals surface area contributed by atoms with Gasteiger partial charge < -0.3 is 19.4 Å². The van der Waals surface area contributed by atoms with E-state index in [0.717, 1.165) is 27.7 Å². The van der Waals surface area contributed by atoms with Crippen molar-refractivity contribution in [3.8, 4) is 22.6 Å². The van der Waals surface area contributed by atoms with E-state index in [4.69, 9.17) is 14.0 Å². The number of rotatable bonds is 5. The highest BCUT2D eigenvalue weighted by atomic mass is 28.3. The lowest BCUT2D eigenvalue weighted by Crippen LogP contribution is -2.41. The highest BCUT2D eigenvalue weighted by Gasteiger charge is 2.52. The van der Waals surface area contributed by atoms with E-state index < -0.39 is 32.5 Å². The summed E-state index contributed by atoms with van der Waals surface area (Å²) >= 11 is 0. The SMILES string of the molecule is Cc1c(C#C[Si](C)(C)C)cc(CNC(=O)OCC2c3ccccc3-c3ccccc32)c(C)c1B1OC(C)(C)C(C)(C)O1. The number of hydrogen-bond acceptors (Lipinski definition) is 4. The number of nitrogens with one attached hydrogen (secondary N) is 1. The molecule has 218 valence electrons. The van der Waals surface area contributed by atoms with Crippen LogP contribution in [0.5, 0.6) is 0 Å². The zero-order valence-electron chi connectivity index (χ0n) is 26.4. The molecule has 0 radical (unpaired) electrons. The summed E-state index contributed by atoms with van der Waals surface area (Å²) in [6.07, 6.45) is -0.441.